The van der Waals surface area contributed by atoms with E-state index in [1.54, 1.807) is 0 Å². The molecule has 0 unspecified atom stereocenters. The minimum absolute atomic E-state index is 1.15. The summed E-state index contributed by atoms with van der Waals surface area (Å²) in [6.07, 6.45) is 37.1. The van der Waals surface area contributed by atoms with E-state index >= 15 is 0 Å². The number of aromatic nitrogens is 2. The molecular weight excluding hydrogens is 605 g/mol. The highest BCUT2D eigenvalue weighted by atomic mass is 14.9. The van der Waals surface area contributed by atoms with Crippen LogP contribution in [-0.2, 0) is 13.1 Å². The number of nitrogens with zero attached hydrogens (tertiary/aromatic N) is 2. The van der Waals surface area contributed by atoms with E-state index in [0.29, 0.717) is 0 Å². The molecule has 2 heterocycles. The lowest BCUT2D eigenvalue weighted by atomic mass is 10.1. The van der Waals surface area contributed by atoms with E-state index in [2.05, 4.69) is 108 Å². The van der Waals surface area contributed by atoms with Crippen molar-refractivity contribution >= 4 is 21.5 Å². The van der Waals surface area contributed by atoms with Gasteiger partial charge in [0.05, 0.1) is 0 Å². The molecule has 0 amide bonds. The van der Waals surface area contributed by atoms with Gasteiger partial charge >= 0.3 is 0 Å². The van der Waals surface area contributed by atoms with Crippen molar-refractivity contribution < 1.29 is 9.13 Å². The van der Waals surface area contributed by atoms with Crippen LogP contribution in [0.25, 0.3) is 21.5 Å². The molecule has 0 saturated heterocycles. The Bertz CT molecular complexity index is 1370. The van der Waals surface area contributed by atoms with Crippen LogP contribution in [0.5, 0.6) is 0 Å². The molecule has 0 atom stereocenters. The van der Waals surface area contributed by atoms with Gasteiger partial charge in [0.25, 0.3) is 0 Å². The van der Waals surface area contributed by atoms with Gasteiger partial charge in [0.1, 0.15) is 13.1 Å². The Labute approximate surface area is 307 Å². The van der Waals surface area contributed by atoms with Crippen molar-refractivity contribution in [2.45, 2.75) is 155 Å². The molecule has 5 rings (SSSR count). The van der Waals surface area contributed by atoms with Crippen LogP contribution in [0.15, 0.2) is 122 Å². The summed E-state index contributed by atoms with van der Waals surface area (Å²) in [5.41, 5.74) is 0. The van der Waals surface area contributed by atoms with Crippen molar-refractivity contribution in [2.75, 3.05) is 0 Å². The van der Waals surface area contributed by atoms with Crippen molar-refractivity contribution in [1.82, 2.24) is 0 Å². The highest BCUT2D eigenvalue weighted by Gasteiger charge is 2.04. The second kappa shape index (κ2) is 28.2. The van der Waals surface area contributed by atoms with Crippen LogP contribution in [0, 0.1) is 0 Å². The Balaban J connectivity index is 0.000000231. The zero-order valence-electron chi connectivity index (χ0n) is 32.0. The summed E-state index contributed by atoms with van der Waals surface area (Å²) in [4.78, 5) is 0. The molecule has 50 heavy (non-hydrogen) atoms. The quantitative estimate of drug-likeness (QED) is 0.0510. The number of hydrogen-bond donors (Lipinski definition) is 0. The number of pyridine rings is 2. The third kappa shape index (κ3) is 19.0. The van der Waals surface area contributed by atoms with Crippen LogP contribution >= 0.6 is 0 Å². The molecule has 0 saturated carbocycles. The van der Waals surface area contributed by atoms with Crippen molar-refractivity contribution in [3.8, 4) is 0 Å². The first-order chi connectivity index (χ1) is 24.8. The SMILES string of the molecule is CCCCCCCCCCCC[n+]1ccc2ccccc2c1.CCCCCCCCCCCC[n+]1ccc2ccccc2c1.c1ccccc1. The van der Waals surface area contributed by atoms with E-state index in [9.17, 15) is 0 Å². The highest BCUT2D eigenvalue weighted by Crippen LogP contribution is 2.13. The van der Waals surface area contributed by atoms with Gasteiger partial charge < -0.3 is 0 Å². The Morgan fingerprint density at radius 1 is 0.300 bits per heavy atom. The van der Waals surface area contributed by atoms with Gasteiger partial charge in [0.15, 0.2) is 24.8 Å². The van der Waals surface area contributed by atoms with Gasteiger partial charge in [-0.05, 0) is 35.7 Å². The summed E-state index contributed by atoms with van der Waals surface area (Å²) >= 11 is 0. The van der Waals surface area contributed by atoms with E-state index in [-0.39, 0.29) is 0 Å². The molecule has 2 nitrogen and oxygen atoms in total. The van der Waals surface area contributed by atoms with E-state index in [4.69, 9.17) is 0 Å². The third-order valence-corrected chi connectivity index (χ3v) is 9.70. The zero-order chi connectivity index (χ0) is 35.2. The zero-order valence-corrected chi connectivity index (χ0v) is 32.0. The Hall–Kier alpha value is -3.52. The molecule has 0 aliphatic carbocycles. The topological polar surface area (TPSA) is 7.76 Å². The van der Waals surface area contributed by atoms with Crippen molar-refractivity contribution in [3.05, 3.63) is 122 Å². The summed E-state index contributed by atoms with van der Waals surface area (Å²) in [5, 5.41) is 5.36. The lowest BCUT2D eigenvalue weighted by molar-refractivity contribution is -0.696. The second-order valence-corrected chi connectivity index (χ2v) is 14.1. The molecule has 0 radical (unpaired) electrons. The monoisotopic (exact) mass is 675 g/mol. The molecule has 0 bridgehead atoms. The Kier molecular flexibility index (Phi) is 23.1. The lowest BCUT2D eigenvalue weighted by Gasteiger charge is -2.02. The fraction of sp³-hybridized carbons (Fsp3) is 0.500. The maximum Gasteiger partial charge on any atom is 0.176 e. The largest absolute Gasteiger partial charge is 0.205 e. The second-order valence-electron chi connectivity index (χ2n) is 14.1. The molecule has 0 fully saturated rings. The van der Waals surface area contributed by atoms with Gasteiger partial charge in [-0.15, -0.1) is 0 Å². The standard InChI is InChI=1S/2C21H32N.C6H6/c2*1-2-3-4-5-6-7-8-9-10-13-17-22-18-16-20-14-11-12-15-21(20)19-22;1-2-4-6-5-3-1/h2*11-12,14-16,18-19H,2-10,13,17H2,1H3;1-6H/q2*+1;. The van der Waals surface area contributed by atoms with Gasteiger partial charge in [-0.2, -0.15) is 0 Å². The summed E-state index contributed by atoms with van der Waals surface area (Å²) in [5.74, 6) is 0. The smallest absolute Gasteiger partial charge is 0.176 e. The predicted octanol–water partition coefficient (Wildman–Crippen LogP) is 13.8. The number of fused-ring (bicyclic) bond motifs is 2. The Morgan fingerprint density at radius 2 is 0.580 bits per heavy atom. The van der Waals surface area contributed by atoms with Crippen molar-refractivity contribution in [1.29, 1.82) is 0 Å². The third-order valence-electron chi connectivity index (χ3n) is 9.70. The fourth-order valence-electron chi connectivity index (χ4n) is 6.58. The van der Waals surface area contributed by atoms with Crippen LogP contribution < -0.4 is 9.13 Å². The van der Waals surface area contributed by atoms with Gasteiger partial charge in [-0.25, -0.2) is 9.13 Å². The van der Waals surface area contributed by atoms with E-state index in [1.165, 1.54) is 150 Å². The molecule has 2 aromatic heterocycles. The molecule has 3 aromatic carbocycles. The van der Waals surface area contributed by atoms with Crippen LogP contribution in [0.3, 0.4) is 0 Å². The fourth-order valence-corrected chi connectivity index (χ4v) is 6.58. The molecule has 5 aromatic rings. The molecule has 0 N–H and O–H groups in total. The predicted molar refractivity (Wildman–Crippen MR) is 218 cm³/mol. The van der Waals surface area contributed by atoms with Gasteiger partial charge in [0.2, 0.25) is 0 Å². The first-order valence-corrected chi connectivity index (χ1v) is 20.6. The number of unbranched alkanes of at least 4 members (excludes halogenated alkanes) is 18. The molecule has 0 aliphatic rings. The number of rotatable bonds is 22. The number of hydrogen-bond acceptors (Lipinski definition) is 0. The van der Waals surface area contributed by atoms with E-state index in [1.807, 2.05) is 36.4 Å². The van der Waals surface area contributed by atoms with Gasteiger partial charge in [-0.1, -0.05) is 189 Å². The maximum atomic E-state index is 2.34. The minimum atomic E-state index is 1.15. The van der Waals surface area contributed by atoms with Gasteiger partial charge in [-0.3, -0.25) is 0 Å². The average Bonchev–Trinajstić information content (AvgIpc) is 3.17. The van der Waals surface area contributed by atoms with Crippen LogP contribution in [0.1, 0.15) is 142 Å². The average molecular weight is 675 g/mol. The first kappa shape index (κ1) is 40.9. The van der Waals surface area contributed by atoms with Gasteiger partial charge in [0, 0.05) is 35.7 Å². The summed E-state index contributed by atoms with van der Waals surface area (Å²) in [7, 11) is 0. The maximum absolute atomic E-state index is 2.34. The highest BCUT2D eigenvalue weighted by molar-refractivity contribution is 5.80. The molecule has 270 valence electrons. The lowest BCUT2D eigenvalue weighted by Crippen LogP contribution is -2.32. The molecule has 2 heteroatoms. The summed E-state index contributed by atoms with van der Waals surface area (Å²) in [6, 6.07) is 33.7. The minimum Gasteiger partial charge on any atom is -0.205 e. The van der Waals surface area contributed by atoms with Crippen molar-refractivity contribution in [3.63, 3.8) is 0 Å². The van der Waals surface area contributed by atoms with E-state index in [0.717, 1.165) is 13.1 Å². The van der Waals surface area contributed by atoms with Crippen molar-refractivity contribution in [2.24, 2.45) is 0 Å². The first-order valence-electron chi connectivity index (χ1n) is 20.6. The molecule has 0 aliphatic heterocycles. The molecule has 0 spiro atoms. The molecular formula is C48H70N2+2. The van der Waals surface area contributed by atoms with Crippen LogP contribution in [0.4, 0.5) is 0 Å². The van der Waals surface area contributed by atoms with Crippen LogP contribution in [0.2, 0.25) is 0 Å². The van der Waals surface area contributed by atoms with Crippen LogP contribution in [-0.4, -0.2) is 0 Å². The Morgan fingerprint density at radius 3 is 0.900 bits per heavy atom. The number of aryl methyl sites for hydroxylation is 2. The van der Waals surface area contributed by atoms with E-state index < -0.39 is 0 Å². The normalized spacial score (nSPS) is 10.8. The number of benzene rings is 3. The summed E-state index contributed by atoms with van der Waals surface area (Å²) < 4.78 is 4.68. The summed E-state index contributed by atoms with van der Waals surface area (Å²) in [6.45, 7) is 6.88.